The van der Waals surface area contributed by atoms with Gasteiger partial charge in [0.15, 0.2) is 0 Å². The Balaban J connectivity index is 1.07. The minimum atomic E-state index is -4.77. The van der Waals surface area contributed by atoms with Crippen molar-refractivity contribution in [2.75, 3.05) is 0 Å². The highest BCUT2D eigenvalue weighted by atomic mass is 19.4. The first kappa shape index (κ1) is 40.4. The van der Waals surface area contributed by atoms with Crippen LogP contribution in [0.5, 0.6) is 0 Å². The Morgan fingerprint density at radius 1 is 0.382 bits per heavy atom. The molecule has 8 heteroatoms. The van der Waals surface area contributed by atoms with E-state index in [1.807, 2.05) is 187 Å². The Morgan fingerprint density at radius 2 is 0.853 bits per heavy atom. The van der Waals surface area contributed by atoms with E-state index in [0.29, 0.717) is 33.4 Å². The maximum Gasteiger partial charge on any atom is 0.418 e. The van der Waals surface area contributed by atoms with Crippen LogP contribution in [0.15, 0.2) is 219 Å². The molecule has 4 heterocycles. The summed E-state index contributed by atoms with van der Waals surface area (Å²) in [5.41, 5.74) is 11.1. The van der Waals surface area contributed by atoms with E-state index in [9.17, 15) is 5.26 Å². The van der Waals surface area contributed by atoms with Crippen LogP contribution in [0.4, 0.5) is 13.2 Å². The monoisotopic (exact) mass is 883 g/mol. The lowest BCUT2D eigenvalue weighted by atomic mass is 9.97. The van der Waals surface area contributed by atoms with Crippen molar-refractivity contribution in [1.29, 1.82) is 5.26 Å². The summed E-state index contributed by atoms with van der Waals surface area (Å²) in [4.78, 5) is 9.52. The zero-order valence-corrected chi connectivity index (χ0v) is 36.2. The number of aromatic nitrogens is 4. The fourth-order valence-corrected chi connectivity index (χ4v) is 9.67. The molecular formula is C60H36F3N5. The minimum Gasteiger partial charge on any atom is -0.309 e. The average Bonchev–Trinajstić information content (AvgIpc) is 3.90. The molecular weight excluding hydrogens is 848 g/mol. The third-order valence-corrected chi connectivity index (χ3v) is 12.9. The number of fused-ring (bicyclic) bond motifs is 6. The van der Waals surface area contributed by atoms with Crippen molar-refractivity contribution >= 4 is 43.6 Å². The largest absolute Gasteiger partial charge is 0.418 e. The number of rotatable bonds is 7. The van der Waals surface area contributed by atoms with Crippen LogP contribution in [0, 0.1) is 11.3 Å². The fraction of sp³-hybridized carbons (Fsp3) is 0.0167. The molecule has 68 heavy (non-hydrogen) atoms. The molecule has 12 aromatic rings. The highest BCUT2D eigenvalue weighted by Gasteiger charge is 2.37. The van der Waals surface area contributed by atoms with Crippen molar-refractivity contribution in [2.45, 2.75) is 6.18 Å². The summed E-state index contributed by atoms with van der Waals surface area (Å²) in [5.74, 6) is 0. The number of hydrogen-bond donors (Lipinski definition) is 0. The molecule has 0 aliphatic rings. The Morgan fingerprint density at radius 3 is 1.35 bits per heavy atom. The molecule has 8 aromatic carbocycles. The second-order valence-corrected chi connectivity index (χ2v) is 16.8. The van der Waals surface area contributed by atoms with E-state index in [1.165, 1.54) is 6.07 Å². The Bertz CT molecular complexity index is 3940. The van der Waals surface area contributed by atoms with Crippen LogP contribution in [-0.2, 0) is 6.18 Å². The van der Waals surface area contributed by atoms with Crippen LogP contribution >= 0.6 is 0 Å². The quantitative estimate of drug-likeness (QED) is 0.160. The SMILES string of the molecule is N#Cc1cccc(-c2cc(-n3c4ccccc4c4cc(-c5ccc(-c6ccccc6)nc5)ccc43)c(C(F)(F)F)cc2-n2c3ccccc3c3cc(-c4ccc(-c5ccccc5)nc4)ccc32)c1. The van der Waals surface area contributed by atoms with E-state index in [-0.39, 0.29) is 5.69 Å². The van der Waals surface area contributed by atoms with Crippen molar-refractivity contribution < 1.29 is 13.2 Å². The number of para-hydroxylation sites is 2. The molecule has 0 N–H and O–H groups in total. The van der Waals surface area contributed by atoms with Gasteiger partial charge in [0.05, 0.1) is 62.0 Å². The van der Waals surface area contributed by atoms with Crippen LogP contribution in [0.2, 0.25) is 0 Å². The van der Waals surface area contributed by atoms with E-state index in [0.717, 1.165) is 77.3 Å². The van der Waals surface area contributed by atoms with E-state index < -0.39 is 11.7 Å². The Hall–Kier alpha value is -9.06. The van der Waals surface area contributed by atoms with Crippen molar-refractivity contribution in [1.82, 2.24) is 19.1 Å². The standard InChI is InChI=1S/C60H36F3N5/c61-60(62,63)51-34-58(67-54-20-9-7-18-46(54)49-31-41(24-28-56(49)67)44-22-26-52(65-36-44)39-13-3-1-4-14-39)48(43-17-11-12-38(30-43)35-64)33-59(51)68-55-21-10-8-19-47(55)50-32-42(25-29-57(50)68)45-23-27-53(66-37-45)40-15-5-2-6-16-40/h1-34,36-37H. The molecule has 5 nitrogen and oxygen atoms in total. The van der Waals surface area contributed by atoms with Crippen LogP contribution in [0.1, 0.15) is 11.1 Å². The predicted molar refractivity (Wildman–Crippen MR) is 268 cm³/mol. The van der Waals surface area contributed by atoms with Gasteiger partial charge >= 0.3 is 6.18 Å². The highest BCUT2D eigenvalue weighted by Crippen LogP contribution is 2.46. The third kappa shape index (κ3) is 6.88. The van der Waals surface area contributed by atoms with Crippen molar-refractivity contribution in [3.63, 3.8) is 0 Å². The summed E-state index contributed by atoms with van der Waals surface area (Å²) in [5, 5.41) is 13.5. The lowest BCUT2D eigenvalue weighted by molar-refractivity contribution is -0.137. The van der Waals surface area contributed by atoms with Gasteiger partial charge in [-0.2, -0.15) is 18.4 Å². The molecule has 0 amide bonds. The van der Waals surface area contributed by atoms with Gasteiger partial charge in [-0.1, -0.05) is 133 Å². The summed E-state index contributed by atoms with van der Waals surface area (Å²) in [6.07, 6.45) is -1.08. The highest BCUT2D eigenvalue weighted by molar-refractivity contribution is 6.12. The molecule has 0 bridgehead atoms. The number of nitrogens with zero attached hydrogens (tertiary/aromatic N) is 5. The number of alkyl halides is 3. The van der Waals surface area contributed by atoms with Gasteiger partial charge in [0.2, 0.25) is 0 Å². The van der Waals surface area contributed by atoms with Gasteiger partial charge in [0.25, 0.3) is 0 Å². The maximum atomic E-state index is 16.1. The lowest BCUT2D eigenvalue weighted by Gasteiger charge is -2.22. The molecule has 0 aliphatic heterocycles. The summed E-state index contributed by atoms with van der Waals surface area (Å²) in [6.45, 7) is 0. The second kappa shape index (κ2) is 16.1. The molecule has 0 unspecified atom stereocenters. The van der Waals surface area contributed by atoms with Crippen molar-refractivity contribution in [2.24, 2.45) is 0 Å². The van der Waals surface area contributed by atoms with Gasteiger partial charge in [-0.3, -0.25) is 9.97 Å². The Kier molecular flexibility index (Phi) is 9.59. The summed E-state index contributed by atoms with van der Waals surface area (Å²) < 4.78 is 51.9. The van der Waals surface area contributed by atoms with Gasteiger partial charge < -0.3 is 9.13 Å². The van der Waals surface area contributed by atoms with E-state index in [1.54, 1.807) is 28.8 Å². The first-order valence-corrected chi connectivity index (χ1v) is 22.2. The van der Waals surface area contributed by atoms with E-state index in [2.05, 4.69) is 12.1 Å². The fourth-order valence-electron chi connectivity index (χ4n) is 9.67. The van der Waals surface area contributed by atoms with E-state index in [4.69, 9.17) is 9.97 Å². The molecule has 0 spiro atoms. The normalized spacial score (nSPS) is 11.7. The minimum absolute atomic E-state index is 0.0269. The number of hydrogen-bond acceptors (Lipinski definition) is 3. The average molecular weight is 884 g/mol. The topological polar surface area (TPSA) is 59.4 Å². The van der Waals surface area contributed by atoms with Gasteiger partial charge in [-0.25, -0.2) is 0 Å². The molecule has 4 aromatic heterocycles. The molecule has 12 rings (SSSR count). The Labute approximate surface area is 388 Å². The van der Waals surface area contributed by atoms with Crippen LogP contribution in [0.3, 0.4) is 0 Å². The summed E-state index contributed by atoms with van der Waals surface area (Å²) in [6, 6.07) is 67.5. The number of halogens is 3. The van der Waals surface area contributed by atoms with Gasteiger partial charge in [-0.15, -0.1) is 0 Å². The van der Waals surface area contributed by atoms with Gasteiger partial charge in [-0.05, 0) is 89.5 Å². The van der Waals surface area contributed by atoms with Gasteiger partial charge in [0.1, 0.15) is 0 Å². The summed E-state index contributed by atoms with van der Waals surface area (Å²) >= 11 is 0. The van der Waals surface area contributed by atoms with Crippen LogP contribution in [0.25, 0.3) is 111 Å². The molecule has 0 saturated heterocycles. The molecule has 0 saturated carbocycles. The van der Waals surface area contributed by atoms with Crippen molar-refractivity contribution in [3.8, 4) is 73.3 Å². The summed E-state index contributed by atoms with van der Waals surface area (Å²) in [7, 11) is 0. The smallest absolute Gasteiger partial charge is 0.309 e. The lowest BCUT2D eigenvalue weighted by Crippen LogP contribution is -2.13. The maximum absolute atomic E-state index is 16.1. The van der Waals surface area contributed by atoms with E-state index >= 15 is 13.2 Å². The number of benzene rings is 8. The van der Waals surface area contributed by atoms with Crippen molar-refractivity contribution in [3.05, 3.63) is 230 Å². The first-order chi connectivity index (χ1) is 33.3. The molecule has 0 atom stereocenters. The van der Waals surface area contributed by atoms with Gasteiger partial charge in [0, 0.05) is 61.8 Å². The molecule has 322 valence electrons. The molecule has 0 radical (unpaired) electrons. The first-order valence-electron chi connectivity index (χ1n) is 22.2. The predicted octanol–water partition coefficient (Wildman–Crippen LogP) is 15.9. The molecule has 0 fully saturated rings. The number of nitriles is 1. The zero-order valence-electron chi connectivity index (χ0n) is 36.2. The number of pyridine rings is 2. The van der Waals surface area contributed by atoms with Crippen LogP contribution in [-0.4, -0.2) is 19.1 Å². The second-order valence-electron chi connectivity index (χ2n) is 16.8. The van der Waals surface area contributed by atoms with Crippen LogP contribution < -0.4 is 0 Å². The third-order valence-electron chi connectivity index (χ3n) is 12.9. The molecule has 0 aliphatic carbocycles. The zero-order chi connectivity index (χ0) is 45.9.